The third-order valence-electron chi connectivity index (χ3n) is 4.83. The maximum Gasteiger partial charge on any atom is 0.191 e. The first-order valence-corrected chi connectivity index (χ1v) is 10.1. The first-order chi connectivity index (χ1) is 13.0. The molecule has 1 aromatic rings. The highest BCUT2D eigenvalue weighted by Gasteiger charge is 2.25. The van der Waals surface area contributed by atoms with E-state index in [9.17, 15) is 5.11 Å². The summed E-state index contributed by atoms with van der Waals surface area (Å²) in [6.45, 7) is 12.0. The highest BCUT2D eigenvalue weighted by atomic mass is 127. The average molecular weight is 504 g/mol. The van der Waals surface area contributed by atoms with Crippen molar-refractivity contribution in [2.45, 2.75) is 38.7 Å². The number of β-amino-alcohol motifs (C(OH)–C–C–N with tert-alkyl or cyclic N) is 1. The molecule has 0 spiro atoms. The van der Waals surface area contributed by atoms with Crippen molar-refractivity contribution < 1.29 is 9.84 Å². The molecule has 0 radical (unpaired) electrons. The lowest BCUT2D eigenvalue weighted by Crippen LogP contribution is -2.48. The van der Waals surface area contributed by atoms with Crippen molar-refractivity contribution in [2.75, 3.05) is 52.5 Å². The molecule has 1 aliphatic heterocycles. The second-order valence-corrected chi connectivity index (χ2v) is 7.61. The predicted octanol–water partition coefficient (Wildman–Crippen LogP) is 2.44. The summed E-state index contributed by atoms with van der Waals surface area (Å²) in [6, 6.07) is 10.6. The van der Waals surface area contributed by atoms with Crippen LogP contribution in [0, 0.1) is 0 Å². The van der Waals surface area contributed by atoms with Gasteiger partial charge >= 0.3 is 0 Å². The van der Waals surface area contributed by atoms with Gasteiger partial charge in [0.2, 0.25) is 0 Å². The molecule has 0 bridgehead atoms. The fourth-order valence-electron chi connectivity index (χ4n) is 3.24. The zero-order valence-corrected chi connectivity index (χ0v) is 19.8. The van der Waals surface area contributed by atoms with Crippen LogP contribution in [0.4, 0.5) is 0 Å². The van der Waals surface area contributed by atoms with Gasteiger partial charge in [0.25, 0.3) is 0 Å². The predicted molar refractivity (Wildman–Crippen MR) is 127 cm³/mol. The van der Waals surface area contributed by atoms with Crippen LogP contribution < -0.4 is 10.6 Å². The Balaban J connectivity index is 0.00000392. The lowest BCUT2D eigenvalue weighted by Gasteiger charge is -2.33. The van der Waals surface area contributed by atoms with Crippen LogP contribution in [0.25, 0.3) is 0 Å². The molecule has 1 aliphatic rings. The van der Waals surface area contributed by atoms with Gasteiger partial charge in [0.15, 0.2) is 5.96 Å². The van der Waals surface area contributed by atoms with Crippen LogP contribution in [0.1, 0.15) is 38.7 Å². The fraction of sp³-hybridized carbons (Fsp3) is 0.667. The monoisotopic (exact) mass is 504 g/mol. The number of ether oxygens (including phenoxy) is 1. The van der Waals surface area contributed by atoms with E-state index in [-0.39, 0.29) is 24.0 Å². The molecule has 0 aromatic heterocycles. The molecule has 6 nitrogen and oxygen atoms in total. The first kappa shape index (κ1) is 25.1. The molecule has 7 heteroatoms. The van der Waals surface area contributed by atoms with Crippen molar-refractivity contribution in [2.24, 2.45) is 4.99 Å². The van der Waals surface area contributed by atoms with Crippen LogP contribution in [0.5, 0.6) is 0 Å². The van der Waals surface area contributed by atoms with Crippen molar-refractivity contribution in [3.05, 3.63) is 35.9 Å². The molecule has 160 valence electrons. The van der Waals surface area contributed by atoms with Crippen LogP contribution in [-0.2, 0) is 4.74 Å². The number of hydrogen-bond acceptors (Lipinski definition) is 4. The quantitative estimate of drug-likeness (QED) is 0.274. The SMILES string of the molecule is CCNC(=NCC(C)(O)CN1CCOCC1)NCCC(C)c1ccccc1.I. The van der Waals surface area contributed by atoms with Crippen molar-refractivity contribution in [1.82, 2.24) is 15.5 Å². The summed E-state index contributed by atoms with van der Waals surface area (Å²) in [5, 5.41) is 17.4. The van der Waals surface area contributed by atoms with Crippen molar-refractivity contribution in [3.8, 4) is 0 Å². The van der Waals surface area contributed by atoms with Gasteiger partial charge in [0, 0.05) is 32.7 Å². The number of hydrogen-bond donors (Lipinski definition) is 3. The van der Waals surface area contributed by atoms with E-state index in [4.69, 9.17) is 4.74 Å². The molecule has 1 heterocycles. The number of benzene rings is 1. The molecule has 2 atom stereocenters. The van der Waals surface area contributed by atoms with E-state index in [2.05, 4.69) is 58.6 Å². The highest BCUT2D eigenvalue weighted by molar-refractivity contribution is 14.0. The van der Waals surface area contributed by atoms with E-state index in [0.717, 1.165) is 51.8 Å². The van der Waals surface area contributed by atoms with Crippen LogP contribution in [0.15, 0.2) is 35.3 Å². The molecule has 1 fully saturated rings. The Morgan fingerprint density at radius 3 is 2.57 bits per heavy atom. The van der Waals surface area contributed by atoms with Gasteiger partial charge in [-0.3, -0.25) is 9.89 Å². The smallest absolute Gasteiger partial charge is 0.191 e. The third kappa shape index (κ3) is 9.54. The van der Waals surface area contributed by atoms with Crippen LogP contribution >= 0.6 is 24.0 Å². The molecular formula is C21H37IN4O2. The van der Waals surface area contributed by atoms with Gasteiger partial charge in [0.1, 0.15) is 0 Å². The van der Waals surface area contributed by atoms with E-state index in [1.165, 1.54) is 5.56 Å². The number of nitrogens with zero attached hydrogens (tertiary/aromatic N) is 2. The summed E-state index contributed by atoms with van der Waals surface area (Å²) in [5.74, 6) is 1.26. The number of nitrogens with one attached hydrogen (secondary N) is 2. The maximum atomic E-state index is 10.7. The average Bonchev–Trinajstić information content (AvgIpc) is 2.67. The Hall–Kier alpha value is -0.900. The Morgan fingerprint density at radius 2 is 1.93 bits per heavy atom. The zero-order valence-electron chi connectivity index (χ0n) is 17.5. The molecule has 3 N–H and O–H groups in total. The van der Waals surface area contributed by atoms with Crippen molar-refractivity contribution >= 4 is 29.9 Å². The molecule has 0 saturated carbocycles. The van der Waals surface area contributed by atoms with Crippen LogP contribution in [-0.4, -0.2) is 74.0 Å². The second kappa shape index (κ2) is 13.3. The highest BCUT2D eigenvalue weighted by Crippen LogP contribution is 2.17. The van der Waals surface area contributed by atoms with Gasteiger partial charge in [0.05, 0.1) is 25.4 Å². The van der Waals surface area contributed by atoms with E-state index in [1.54, 1.807) is 0 Å². The van der Waals surface area contributed by atoms with Gasteiger partial charge in [-0.25, -0.2) is 0 Å². The third-order valence-corrected chi connectivity index (χ3v) is 4.83. The maximum absolute atomic E-state index is 10.7. The lowest BCUT2D eigenvalue weighted by molar-refractivity contribution is -0.0179. The number of rotatable bonds is 9. The Morgan fingerprint density at radius 1 is 1.25 bits per heavy atom. The number of aliphatic hydroxyl groups is 1. The Labute approximate surface area is 187 Å². The number of guanidine groups is 1. The van der Waals surface area contributed by atoms with E-state index < -0.39 is 5.60 Å². The van der Waals surface area contributed by atoms with Gasteiger partial charge in [-0.2, -0.15) is 0 Å². The standard InChI is InChI=1S/C21H36N4O2.HI/c1-4-22-20(23-11-10-18(2)19-8-6-5-7-9-19)24-16-21(3,26)17-25-12-14-27-15-13-25;/h5-9,18,26H,4,10-17H2,1-3H3,(H2,22,23,24);1H. The minimum atomic E-state index is -0.850. The normalized spacial score (nSPS) is 18.6. The number of aliphatic imine (C=N–C) groups is 1. The molecule has 28 heavy (non-hydrogen) atoms. The summed E-state index contributed by atoms with van der Waals surface area (Å²) in [4.78, 5) is 6.84. The molecule has 2 unspecified atom stereocenters. The molecule has 1 aromatic carbocycles. The molecule has 1 saturated heterocycles. The zero-order chi connectivity index (χ0) is 19.5. The summed E-state index contributed by atoms with van der Waals surface area (Å²) >= 11 is 0. The molecule has 2 rings (SSSR count). The lowest BCUT2D eigenvalue weighted by atomic mass is 9.98. The minimum Gasteiger partial charge on any atom is -0.387 e. The van der Waals surface area contributed by atoms with Crippen LogP contribution in [0.3, 0.4) is 0 Å². The minimum absolute atomic E-state index is 0. The largest absolute Gasteiger partial charge is 0.387 e. The molecule has 0 amide bonds. The number of halogens is 1. The van der Waals surface area contributed by atoms with E-state index in [0.29, 0.717) is 19.0 Å². The molecule has 0 aliphatic carbocycles. The molecular weight excluding hydrogens is 467 g/mol. The van der Waals surface area contributed by atoms with Gasteiger partial charge in [-0.1, -0.05) is 37.3 Å². The van der Waals surface area contributed by atoms with Crippen molar-refractivity contribution in [3.63, 3.8) is 0 Å². The Bertz CT molecular complexity index is 563. The second-order valence-electron chi connectivity index (χ2n) is 7.61. The summed E-state index contributed by atoms with van der Waals surface area (Å²) in [6.07, 6.45) is 1.03. The van der Waals surface area contributed by atoms with E-state index in [1.807, 2.05) is 13.0 Å². The Kier molecular flexibility index (Phi) is 12.0. The summed E-state index contributed by atoms with van der Waals surface area (Å²) in [5.41, 5.74) is 0.506. The number of morpholine rings is 1. The van der Waals surface area contributed by atoms with Gasteiger partial charge in [-0.15, -0.1) is 24.0 Å². The van der Waals surface area contributed by atoms with Gasteiger partial charge < -0.3 is 20.5 Å². The summed E-state index contributed by atoms with van der Waals surface area (Å²) < 4.78 is 5.37. The van der Waals surface area contributed by atoms with Crippen molar-refractivity contribution in [1.29, 1.82) is 0 Å². The van der Waals surface area contributed by atoms with E-state index >= 15 is 0 Å². The fourth-order valence-corrected chi connectivity index (χ4v) is 3.24. The van der Waals surface area contributed by atoms with Crippen LogP contribution in [0.2, 0.25) is 0 Å². The topological polar surface area (TPSA) is 69.1 Å². The first-order valence-electron chi connectivity index (χ1n) is 10.1. The van der Waals surface area contributed by atoms with Gasteiger partial charge in [-0.05, 0) is 31.7 Å². The summed E-state index contributed by atoms with van der Waals surface area (Å²) in [7, 11) is 0.